The van der Waals surface area contributed by atoms with E-state index >= 15 is 0 Å². The van der Waals surface area contributed by atoms with Crippen LogP contribution in [0.5, 0.6) is 0 Å². The highest BCUT2D eigenvalue weighted by atomic mass is 19.1. The Labute approximate surface area is 155 Å². The number of nitrogens with zero attached hydrogens (tertiary/aromatic N) is 3. The van der Waals surface area contributed by atoms with Crippen molar-refractivity contribution in [2.45, 2.75) is 33.6 Å². The van der Waals surface area contributed by atoms with E-state index in [4.69, 9.17) is 5.73 Å². The van der Waals surface area contributed by atoms with Gasteiger partial charge in [-0.2, -0.15) is 0 Å². The van der Waals surface area contributed by atoms with Crippen molar-refractivity contribution in [2.24, 2.45) is 5.73 Å². The van der Waals surface area contributed by atoms with E-state index in [1.807, 2.05) is 13.8 Å². The number of imidazole rings is 1. The molecule has 0 bridgehead atoms. The summed E-state index contributed by atoms with van der Waals surface area (Å²) in [5.74, 6) is -1.22. The highest BCUT2D eigenvalue weighted by molar-refractivity contribution is 5.96. The van der Waals surface area contributed by atoms with E-state index < -0.39 is 5.91 Å². The summed E-state index contributed by atoms with van der Waals surface area (Å²) in [4.78, 5) is 32.1. The van der Waals surface area contributed by atoms with Gasteiger partial charge in [0.2, 0.25) is 5.91 Å². The summed E-state index contributed by atoms with van der Waals surface area (Å²) in [5.41, 5.74) is 9.22. The van der Waals surface area contributed by atoms with E-state index in [1.165, 1.54) is 12.4 Å². The Kier molecular flexibility index (Phi) is 4.89. The molecule has 1 aromatic carbocycles. The maximum Gasteiger partial charge on any atom is 0.271 e. The van der Waals surface area contributed by atoms with Gasteiger partial charge >= 0.3 is 0 Å². The van der Waals surface area contributed by atoms with E-state index in [-0.39, 0.29) is 23.8 Å². The predicted octanol–water partition coefficient (Wildman–Crippen LogP) is 2.46. The Morgan fingerprint density at radius 3 is 2.67 bits per heavy atom. The lowest BCUT2D eigenvalue weighted by Gasteiger charge is -2.12. The number of benzene rings is 1. The summed E-state index contributed by atoms with van der Waals surface area (Å²) in [7, 11) is 0. The molecule has 0 saturated heterocycles. The van der Waals surface area contributed by atoms with Gasteiger partial charge in [-0.05, 0) is 50.5 Å². The zero-order valence-corrected chi connectivity index (χ0v) is 15.3. The fourth-order valence-electron chi connectivity index (χ4n) is 3.00. The van der Waals surface area contributed by atoms with Crippen molar-refractivity contribution in [3.63, 3.8) is 0 Å². The second-order valence-corrected chi connectivity index (χ2v) is 6.42. The minimum absolute atomic E-state index is 0.117. The van der Waals surface area contributed by atoms with Gasteiger partial charge in [0.15, 0.2) is 11.3 Å². The molecular weight excluding hydrogens is 349 g/mol. The average Bonchev–Trinajstić information content (AvgIpc) is 3.02. The smallest absolute Gasteiger partial charge is 0.271 e. The normalized spacial score (nSPS) is 11.0. The Balaban J connectivity index is 1.77. The van der Waals surface area contributed by atoms with Crippen LogP contribution in [-0.2, 0) is 11.2 Å². The van der Waals surface area contributed by atoms with Gasteiger partial charge in [-0.3, -0.25) is 14.0 Å². The maximum atomic E-state index is 13.6. The number of hydrogen-bond donors (Lipinski definition) is 2. The fraction of sp³-hybridized carbons (Fsp3) is 0.263. The molecule has 0 spiro atoms. The Hall–Kier alpha value is -3.29. The van der Waals surface area contributed by atoms with Crippen molar-refractivity contribution in [2.75, 3.05) is 5.32 Å². The summed E-state index contributed by atoms with van der Waals surface area (Å²) in [6.45, 7) is 5.35. The highest BCUT2D eigenvalue weighted by Crippen LogP contribution is 2.19. The Bertz CT molecular complexity index is 1060. The predicted molar refractivity (Wildman–Crippen MR) is 99.1 cm³/mol. The van der Waals surface area contributed by atoms with Crippen LogP contribution >= 0.6 is 0 Å². The second kappa shape index (κ2) is 7.14. The SMILES string of the molecule is Cc1ccc(NC(=O)CCc2c(C)nc3c(C(N)=O)ncn3c2C)cc1F. The maximum absolute atomic E-state index is 13.6. The lowest BCUT2D eigenvalue weighted by atomic mass is 10.1. The molecule has 140 valence electrons. The number of carbonyl (C=O) groups is 2. The summed E-state index contributed by atoms with van der Waals surface area (Å²) in [6.07, 6.45) is 2.16. The number of halogens is 1. The van der Waals surface area contributed by atoms with E-state index in [1.54, 1.807) is 23.5 Å². The van der Waals surface area contributed by atoms with Gasteiger partial charge in [-0.25, -0.2) is 14.4 Å². The van der Waals surface area contributed by atoms with E-state index in [0.717, 1.165) is 11.3 Å². The average molecular weight is 369 g/mol. The second-order valence-electron chi connectivity index (χ2n) is 6.42. The fourth-order valence-corrected chi connectivity index (χ4v) is 3.00. The van der Waals surface area contributed by atoms with Crippen LogP contribution in [0.25, 0.3) is 5.65 Å². The van der Waals surface area contributed by atoms with Crippen molar-refractivity contribution in [1.82, 2.24) is 14.4 Å². The number of carbonyl (C=O) groups excluding carboxylic acids is 2. The largest absolute Gasteiger partial charge is 0.364 e. The molecule has 0 atom stereocenters. The molecule has 2 aromatic heterocycles. The molecule has 3 N–H and O–H groups in total. The standard InChI is InChI=1S/C19H20FN5O2/c1-10-4-5-13(8-15(10)20)24-16(26)7-6-14-11(2)23-19-17(18(21)27)22-9-25(19)12(14)3/h4-5,8-9H,6-7H2,1-3H3,(H2,21,27)(H,24,26). The number of aromatic nitrogens is 3. The van der Waals surface area contributed by atoms with Gasteiger partial charge < -0.3 is 11.1 Å². The number of rotatable bonds is 5. The number of nitrogens with two attached hydrogens (primary N) is 1. The lowest BCUT2D eigenvalue weighted by molar-refractivity contribution is -0.116. The quantitative estimate of drug-likeness (QED) is 0.721. The highest BCUT2D eigenvalue weighted by Gasteiger charge is 2.17. The van der Waals surface area contributed by atoms with Gasteiger partial charge in [0.05, 0.1) is 0 Å². The topological polar surface area (TPSA) is 102 Å². The Morgan fingerprint density at radius 2 is 2.00 bits per heavy atom. The zero-order chi connectivity index (χ0) is 19.7. The molecule has 2 amide bonds. The van der Waals surface area contributed by atoms with Crippen LogP contribution < -0.4 is 11.1 Å². The van der Waals surface area contributed by atoms with E-state index in [9.17, 15) is 14.0 Å². The van der Waals surface area contributed by atoms with Gasteiger partial charge in [0.25, 0.3) is 5.91 Å². The summed E-state index contributed by atoms with van der Waals surface area (Å²) in [6, 6.07) is 4.58. The van der Waals surface area contributed by atoms with Crippen molar-refractivity contribution in [3.8, 4) is 0 Å². The molecule has 0 fully saturated rings. The Morgan fingerprint density at radius 1 is 1.26 bits per heavy atom. The molecule has 0 saturated carbocycles. The van der Waals surface area contributed by atoms with Crippen LogP contribution in [0.2, 0.25) is 0 Å². The van der Waals surface area contributed by atoms with Crippen molar-refractivity contribution in [3.05, 3.63) is 58.6 Å². The molecule has 7 nitrogen and oxygen atoms in total. The van der Waals surface area contributed by atoms with Crippen LogP contribution in [0.1, 0.15) is 39.4 Å². The first-order valence-corrected chi connectivity index (χ1v) is 8.47. The number of anilines is 1. The van der Waals surface area contributed by atoms with Crippen LogP contribution in [-0.4, -0.2) is 26.2 Å². The number of primary amides is 1. The van der Waals surface area contributed by atoms with Gasteiger partial charge in [0.1, 0.15) is 12.1 Å². The molecule has 0 aliphatic carbocycles. The number of nitrogens with one attached hydrogen (secondary N) is 1. The minimum Gasteiger partial charge on any atom is -0.364 e. The van der Waals surface area contributed by atoms with E-state index in [0.29, 0.717) is 29.0 Å². The van der Waals surface area contributed by atoms with Crippen LogP contribution in [0, 0.1) is 26.6 Å². The van der Waals surface area contributed by atoms with Crippen LogP contribution in [0.4, 0.5) is 10.1 Å². The number of hydrogen-bond acceptors (Lipinski definition) is 4. The molecule has 3 aromatic rings. The van der Waals surface area contributed by atoms with Gasteiger partial charge in [-0.1, -0.05) is 6.07 Å². The van der Waals surface area contributed by atoms with Gasteiger partial charge in [-0.15, -0.1) is 0 Å². The first-order valence-electron chi connectivity index (χ1n) is 8.47. The van der Waals surface area contributed by atoms with Crippen LogP contribution in [0.3, 0.4) is 0 Å². The third kappa shape index (κ3) is 3.64. The summed E-state index contributed by atoms with van der Waals surface area (Å²) in [5, 5.41) is 2.70. The molecule has 27 heavy (non-hydrogen) atoms. The van der Waals surface area contributed by atoms with Crippen molar-refractivity contribution in [1.29, 1.82) is 0 Å². The number of fused-ring (bicyclic) bond motifs is 1. The number of aryl methyl sites for hydroxylation is 3. The first kappa shape index (κ1) is 18.5. The number of amides is 2. The monoisotopic (exact) mass is 369 g/mol. The molecule has 3 rings (SSSR count). The molecular formula is C19H20FN5O2. The molecule has 2 heterocycles. The zero-order valence-electron chi connectivity index (χ0n) is 15.3. The molecule has 0 aliphatic rings. The summed E-state index contributed by atoms with van der Waals surface area (Å²) >= 11 is 0. The third-order valence-corrected chi connectivity index (χ3v) is 4.54. The molecule has 8 heteroatoms. The van der Waals surface area contributed by atoms with Crippen molar-refractivity contribution >= 4 is 23.1 Å². The first-order chi connectivity index (χ1) is 12.8. The molecule has 0 unspecified atom stereocenters. The third-order valence-electron chi connectivity index (χ3n) is 4.54. The van der Waals surface area contributed by atoms with Crippen molar-refractivity contribution < 1.29 is 14.0 Å². The van der Waals surface area contributed by atoms with Crippen LogP contribution in [0.15, 0.2) is 24.5 Å². The van der Waals surface area contributed by atoms with Gasteiger partial charge in [0, 0.05) is 23.5 Å². The minimum atomic E-state index is -0.638. The molecule has 0 aliphatic heterocycles. The summed E-state index contributed by atoms with van der Waals surface area (Å²) < 4.78 is 15.3. The molecule has 0 radical (unpaired) electrons. The lowest BCUT2D eigenvalue weighted by Crippen LogP contribution is -2.15. The van der Waals surface area contributed by atoms with E-state index in [2.05, 4.69) is 15.3 Å².